The van der Waals surface area contributed by atoms with Gasteiger partial charge in [0, 0.05) is 19.6 Å². The van der Waals surface area contributed by atoms with Crippen LogP contribution in [0.15, 0.2) is 29.2 Å². The highest BCUT2D eigenvalue weighted by Crippen LogP contribution is 2.20. The van der Waals surface area contributed by atoms with Gasteiger partial charge in [0.05, 0.1) is 18.1 Å². The SMILES string of the molecule is CCCC(NCCOc1ccc(S(=O)(=O)N2CCOCC2)cc1)C(=O)O. The first kappa shape index (κ1) is 20.6. The second kappa shape index (κ2) is 9.86. The predicted molar refractivity (Wildman–Crippen MR) is 95.8 cm³/mol. The minimum absolute atomic E-state index is 0.221. The van der Waals surface area contributed by atoms with Crippen molar-refractivity contribution in [3.8, 4) is 5.75 Å². The predicted octanol–water partition coefficient (Wildman–Crippen LogP) is 0.929. The van der Waals surface area contributed by atoms with Crippen molar-refractivity contribution in [1.29, 1.82) is 0 Å². The van der Waals surface area contributed by atoms with Crippen LogP contribution in [-0.2, 0) is 19.6 Å². The number of carboxylic acids is 1. The lowest BCUT2D eigenvalue weighted by molar-refractivity contribution is -0.139. The molecule has 0 radical (unpaired) electrons. The van der Waals surface area contributed by atoms with Crippen LogP contribution in [0.5, 0.6) is 5.75 Å². The number of aliphatic carboxylic acids is 1. The molecule has 1 heterocycles. The van der Waals surface area contributed by atoms with Gasteiger partial charge in [0.2, 0.25) is 10.0 Å². The van der Waals surface area contributed by atoms with Gasteiger partial charge >= 0.3 is 5.97 Å². The molecule has 1 unspecified atom stereocenters. The van der Waals surface area contributed by atoms with Gasteiger partial charge in [-0.2, -0.15) is 4.31 Å². The topological polar surface area (TPSA) is 105 Å². The highest BCUT2D eigenvalue weighted by molar-refractivity contribution is 7.89. The molecule has 0 saturated carbocycles. The van der Waals surface area contributed by atoms with Gasteiger partial charge in [-0.3, -0.25) is 4.79 Å². The van der Waals surface area contributed by atoms with Gasteiger partial charge in [-0.1, -0.05) is 13.3 Å². The third kappa shape index (κ3) is 5.66. The Labute approximate surface area is 154 Å². The van der Waals surface area contributed by atoms with Gasteiger partial charge in [-0.05, 0) is 30.7 Å². The second-order valence-corrected chi connectivity index (χ2v) is 7.91. The molecule has 1 aromatic rings. The van der Waals surface area contributed by atoms with Crippen LogP contribution in [0, 0.1) is 0 Å². The number of benzene rings is 1. The highest BCUT2D eigenvalue weighted by atomic mass is 32.2. The Morgan fingerprint density at radius 3 is 2.54 bits per heavy atom. The Morgan fingerprint density at radius 1 is 1.31 bits per heavy atom. The minimum Gasteiger partial charge on any atom is -0.492 e. The normalized spacial score (nSPS) is 17.0. The zero-order chi connectivity index (χ0) is 19.0. The maximum Gasteiger partial charge on any atom is 0.320 e. The van der Waals surface area contributed by atoms with Crippen LogP contribution in [0.25, 0.3) is 0 Å². The largest absolute Gasteiger partial charge is 0.492 e. The first-order valence-electron chi connectivity index (χ1n) is 8.72. The van der Waals surface area contributed by atoms with Gasteiger partial charge in [0.1, 0.15) is 18.4 Å². The van der Waals surface area contributed by atoms with E-state index in [0.717, 1.165) is 6.42 Å². The standard InChI is InChI=1S/C17H26N2O6S/c1-2-3-16(17(20)21)18-8-11-25-14-4-6-15(7-5-14)26(22,23)19-9-12-24-13-10-19/h4-7,16,18H,2-3,8-13H2,1H3,(H,20,21). The number of hydrogen-bond donors (Lipinski definition) is 2. The number of ether oxygens (including phenoxy) is 2. The van der Waals surface area contributed by atoms with Crippen molar-refractivity contribution in [2.75, 3.05) is 39.5 Å². The fourth-order valence-corrected chi connectivity index (χ4v) is 4.06. The third-order valence-corrected chi connectivity index (χ3v) is 5.98. The summed E-state index contributed by atoms with van der Waals surface area (Å²) >= 11 is 0. The van der Waals surface area contributed by atoms with E-state index in [-0.39, 0.29) is 4.90 Å². The van der Waals surface area contributed by atoms with Gasteiger partial charge in [0.15, 0.2) is 0 Å². The van der Waals surface area contributed by atoms with Crippen LogP contribution in [0.4, 0.5) is 0 Å². The van der Waals surface area contributed by atoms with E-state index >= 15 is 0 Å². The lowest BCUT2D eigenvalue weighted by Crippen LogP contribution is -2.40. The average molecular weight is 386 g/mol. The molecule has 0 aliphatic carbocycles. The van der Waals surface area contributed by atoms with Crippen molar-refractivity contribution in [2.24, 2.45) is 0 Å². The Hall–Kier alpha value is -1.68. The van der Waals surface area contributed by atoms with E-state index in [2.05, 4.69) is 5.32 Å². The molecule has 0 amide bonds. The maximum atomic E-state index is 12.5. The summed E-state index contributed by atoms with van der Waals surface area (Å²) in [6.07, 6.45) is 1.34. The zero-order valence-corrected chi connectivity index (χ0v) is 15.7. The molecule has 1 aliphatic rings. The van der Waals surface area contributed by atoms with Crippen molar-refractivity contribution in [2.45, 2.75) is 30.7 Å². The number of carboxylic acid groups (broad SMARTS) is 1. The summed E-state index contributed by atoms with van der Waals surface area (Å²) in [6.45, 7) is 4.14. The molecule has 9 heteroatoms. The fraction of sp³-hybridized carbons (Fsp3) is 0.588. The van der Waals surface area contributed by atoms with Crippen LogP contribution < -0.4 is 10.1 Å². The van der Waals surface area contributed by atoms with Crippen LogP contribution in [0.1, 0.15) is 19.8 Å². The number of rotatable bonds is 10. The molecule has 0 aromatic heterocycles. The van der Waals surface area contributed by atoms with E-state index in [0.29, 0.717) is 51.6 Å². The summed E-state index contributed by atoms with van der Waals surface area (Å²) in [5.41, 5.74) is 0. The highest BCUT2D eigenvalue weighted by Gasteiger charge is 2.26. The molecular weight excluding hydrogens is 360 g/mol. The van der Waals surface area contributed by atoms with Crippen molar-refractivity contribution < 1.29 is 27.8 Å². The molecule has 8 nitrogen and oxygen atoms in total. The Bertz CT molecular complexity index is 671. The molecule has 1 fully saturated rings. The van der Waals surface area contributed by atoms with Crippen LogP contribution in [0.3, 0.4) is 0 Å². The summed E-state index contributed by atoms with van der Waals surface area (Å²) in [5.74, 6) is -0.334. The number of morpholine rings is 1. The Kier molecular flexibility index (Phi) is 7.83. The molecule has 2 rings (SSSR count). The summed E-state index contributed by atoms with van der Waals surface area (Å²) in [4.78, 5) is 11.3. The average Bonchev–Trinajstić information content (AvgIpc) is 2.65. The lowest BCUT2D eigenvalue weighted by atomic mass is 10.2. The molecule has 1 saturated heterocycles. The van der Waals surface area contributed by atoms with Gasteiger partial charge in [-0.25, -0.2) is 8.42 Å². The maximum absolute atomic E-state index is 12.5. The van der Waals surface area contributed by atoms with Crippen LogP contribution >= 0.6 is 0 Å². The Balaban J connectivity index is 1.84. The monoisotopic (exact) mass is 386 g/mol. The van der Waals surface area contributed by atoms with Gasteiger partial charge < -0.3 is 19.9 Å². The van der Waals surface area contributed by atoms with E-state index in [9.17, 15) is 13.2 Å². The van der Waals surface area contributed by atoms with Crippen molar-refractivity contribution in [3.05, 3.63) is 24.3 Å². The summed E-state index contributed by atoms with van der Waals surface area (Å²) in [7, 11) is -3.51. The van der Waals surface area contributed by atoms with Crippen LogP contribution in [-0.4, -0.2) is 69.3 Å². The quantitative estimate of drug-likeness (QED) is 0.576. The molecule has 1 aromatic carbocycles. The molecule has 1 atom stereocenters. The number of carbonyl (C=O) groups is 1. The molecule has 1 aliphatic heterocycles. The molecular formula is C17H26N2O6S. The van der Waals surface area contributed by atoms with E-state index in [1.165, 1.54) is 16.4 Å². The molecule has 26 heavy (non-hydrogen) atoms. The van der Waals surface area contributed by atoms with E-state index < -0.39 is 22.0 Å². The first-order chi connectivity index (χ1) is 12.4. The lowest BCUT2D eigenvalue weighted by Gasteiger charge is -2.26. The fourth-order valence-electron chi connectivity index (χ4n) is 2.65. The minimum atomic E-state index is -3.51. The van der Waals surface area contributed by atoms with E-state index in [4.69, 9.17) is 14.6 Å². The van der Waals surface area contributed by atoms with Crippen molar-refractivity contribution in [1.82, 2.24) is 9.62 Å². The number of sulfonamides is 1. The van der Waals surface area contributed by atoms with Crippen molar-refractivity contribution in [3.63, 3.8) is 0 Å². The van der Waals surface area contributed by atoms with E-state index in [1.807, 2.05) is 6.92 Å². The molecule has 0 bridgehead atoms. The number of nitrogens with zero attached hydrogens (tertiary/aromatic N) is 1. The summed E-state index contributed by atoms with van der Waals surface area (Å²) < 4.78 is 37.2. The number of nitrogens with one attached hydrogen (secondary N) is 1. The van der Waals surface area contributed by atoms with Gasteiger partial charge in [-0.15, -0.1) is 0 Å². The van der Waals surface area contributed by atoms with Gasteiger partial charge in [0.25, 0.3) is 0 Å². The zero-order valence-electron chi connectivity index (χ0n) is 14.9. The molecule has 2 N–H and O–H groups in total. The first-order valence-corrected chi connectivity index (χ1v) is 10.2. The summed E-state index contributed by atoms with van der Waals surface area (Å²) in [5, 5.41) is 12.0. The van der Waals surface area contributed by atoms with Crippen molar-refractivity contribution >= 4 is 16.0 Å². The van der Waals surface area contributed by atoms with Crippen LogP contribution in [0.2, 0.25) is 0 Å². The summed E-state index contributed by atoms with van der Waals surface area (Å²) in [6, 6.07) is 5.67. The third-order valence-electron chi connectivity index (χ3n) is 4.07. The smallest absolute Gasteiger partial charge is 0.320 e. The Morgan fingerprint density at radius 2 is 1.96 bits per heavy atom. The number of hydrogen-bond acceptors (Lipinski definition) is 6. The second-order valence-electron chi connectivity index (χ2n) is 5.97. The molecule has 0 spiro atoms. The van der Waals surface area contributed by atoms with E-state index in [1.54, 1.807) is 12.1 Å². The molecule has 146 valence electrons.